The van der Waals surface area contributed by atoms with Gasteiger partial charge in [0.1, 0.15) is 0 Å². The van der Waals surface area contributed by atoms with Gasteiger partial charge in [0.15, 0.2) is 0 Å². The fourth-order valence-corrected chi connectivity index (χ4v) is 5.91. The number of amides is 3. The molecular weight excluding hydrogens is 440 g/mol. The number of nitrogens with one attached hydrogen (secondary N) is 1. The van der Waals surface area contributed by atoms with Gasteiger partial charge in [-0.2, -0.15) is 0 Å². The van der Waals surface area contributed by atoms with E-state index in [1.807, 2.05) is 23.1 Å². The Morgan fingerprint density at radius 1 is 0.848 bits per heavy atom. The number of likely N-dealkylation sites (tertiary alicyclic amines) is 1. The minimum absolute atomic E-state index is 0.00585. The van der Waals surface area contributed by atoms with Gasteiger partial charge >= 0.3 is 6.03 Å². The van der Waals surface area contributed by atoms with Gasteiger partial charge in [-0.1, -0.05) is 24.3 Å². The van der Waals surface area contributed by atoms with Crippen LogP contribution >= 0.6 is 0 Å². The summed E-state index contributed by atoms with van der Waals surface area (Å²) in [5, 5.41) is 0. The molecule has 1 fully saturated rings. The van der Waals surface area contributed by atoms with Gasteiger partial charge in [0.25, 0.3) is 0 Å². The van der Waals surface area contributed by atoms with Crippen LogP contribution in [0.15, 0.2) is 47.4 Å². The number of carbonyl (C=O) groups is 2. The predicted octanol–water partition coefficient (Wildman–Crippen LogP) is 2.13. The van der Waals surface area contributed by atoms with Gasteiger partial charge in [-0.15, -0.1) is 0 Å². The van der Waals surface area contributed by atoms with E-state index in [1.165, 1.54) is 11.6 Å². The second-order valence-electron chi connectivity index (χ2n) is 8.83. The summed E-state index contributed by atoms with van der Waals surface area (Å²) in [6, 6.07) is 12.8. The van der Waals surface area contributed by atoms with Crippen LogP contribution in [0, 0.1) is 0 Å². The molecule has 3 amide bonds. The molecule has 0 unspecified atom stereocenters. The zero-order valence-electron chi connectivity index (χ0n) is 18.5. The van der Waals surface area contributed by atoms with Crippen LogP contribution in [-0.4, -0.2) is 62.9 Å². The number of urea groups is 1. The molecule has 0 aromatic heterocycles. The first-order valence-corrected chi connectivity index (χ1v) is 12.9. The summed E-state index contributed by atoms with van der Waals surface area (Å²) in [4.78, 5) is 30.8. The number of hydrogen-bond donors (Lipinski definition) is 1. The highest BCUT2D eigenvalue weighted by molar-refractivity contribution is 7.89. The standard InChI is InChI=1S/C24H28N4O4S/c29-23(27-13-9-18-5-1-2-6-20(18)17-27)16-25-33(31,32)21-7-8-22-19(15-21)10-14-28(22)24(30)26-11-3-4-12-26/h1-2,5-8,15,25H,3-4,9-14,16-17H2. The van der Waals surface area contributed by atoms with Crippen LogP contribution in [0.1, 0.15) is 29.5 Å². The number of fused-ring (bicyclic) bond motifs is 2. The Morgan fingerprint density at radius 3 is 2.36 bits per heavy atom. The maximum atomic E-state index is 12.9. The topological polar surface area (TPSA) is 90.0 Å². The highest BCUT2D eigenvalue weighted by Gasteiger charge is 2.31. The van der Waals surface area contributed by atoms with E-state index < -0.39 is 10.0 Å². The molecule has 0 radical (unpaired) electrons. The molecule has 1 saturated heterocycles. The largest absolute Gasteiger partial charge is 0.337 e. The van der Waals surface area contributed by atoms with Gasteiger partial charge in [-0.3, -0.25) is 9.69 Å². The lowest BCUT2D eigenvalue weighted by Gasteiger charge is -2.29. The molecule has 9 heteroatoms. The highest BCUT2D eigenvalue weighted by Crippen LogP contribution is 2.31. The molecule has 0 bridgehead atoms. The van der Waals surface area contributed by atoms with Crippen molar-refractivity contribution in [3.63, 3.8) is 0 Å². The minimum atomic E-state index is -3.84. The monoisotopic (exact) mass is 468 g/mol. The van der Waals surface area contributed by atoms with E-state index in [9.17, 15) is 18.0 Å². The predicted molar refractivity (Wildman–Crippen MR) is 124 cm³/mol. The van der Waals surface area contributed by atoms with E-state index in [4.69, 9.17) is 0 Å². The SMILES string of the molecule is O=C(CNS(=O)(=O)c1ccc2c(c1)CCN2C(=O)N1CCCC1)N1CCc2ccccc2C1. The van der Waals surface area contributed by atoms with Crippen LogP contribution in [0.4, 0.5) is 10.5 Å². The lowest BCUT2D eigenvalue weighted by Crippen LogP contribution is -2.42. The van der Waals surface area contributed by atoms with Crippen molar-refractivity contribution >= 4 is 27.6 Å². The molecule has 8 nitrogen and oxygen atoms in total. The third kappa shape index (κ3) is 4.35. The van der Waals surface area contributed by atoms with Crippen molar-refractivity contribution in [3.05, 3.63) is 59.2 Å². The fraction of sp³-hybridized carbons (Fsp3) is 0.417. The Labute approximate surface area is 194 Å². The van der Waals surface area contributed by atoms with Crippen LogP contribution in [-0.2, 0) is 34.2 Å². The van der Waals surface area contributed by atoms with Gasteiger partial charge in [-0.25, -0.2) is 17.9 Å². The Kier molecular flexibility index (Phi) is 5.84. The quantitative estimate of drug-likeness (QED) is 0.744. The molecule has 33 heavy (non-hydrogen) atoms. The van der Waals surface area contributed by atoms with Crippen LogP contribution in [0.3, 0.4) is 0 Å². The molecule has 174 valence electrons. The van der Waals surface area contributed by atoms with Crippen LogP contribution < -0.4 is 9.62 Å². The number of hydrogen-bond acceptors (Lipinski definition) is 4. The number of carbonyl (C=O) groups excluding carboxylic acids is 2. The molecule has 2 aromatic rings. The summed E-state index contributed by atoms with van der Waals surface area (Å²) < 4.78 is 28.2. The first-order valence-electron chi connectivity index (χ1n) is 11.5. The number of nitrogens with zero attached hydrogens (tertiary/aromatic N) is 3. The van der Waals surface area contributed by atoms with Gasteiger partial charge in [0.05, 0.1) is 11.4 Å². The summed E-state index contributed by atoms with van der Waals surface area (Å²) in [7, 11) is -3.84. The summed E-state index contributed by atoms with van der Waals surface area (Å²) in [5.41, 5.74) is 3.95. The summed E-state index contributed by atoms with van der Waals surface area (Å²) >= 11 is 0. The summed E-state index contributed by atoms with van der Waals surface area (Å²) in [6.45, 7) is 2.90. The molecule has 5 rings (SSSR count). The minimum Gasteiger partial charge on any atom is -0.337 e. The van der Waals surface area contributed by atoms with E-state index in [0.717, 1.165) is 49.2 Å². The maximum absolute atomic E-state index is 12.9. The zero-order valence-corrected chi connectivity index (χ0v) is 19.3. The number of sulfonamides is 1. The Bertz CT molecular complexity index is 1190. The molecule has 0 aliphatic carbocycles. The summed E-state index contributed by atoms with van der Waals surface area (Å²) in [6.07, 6.45) is 3.44. The van der Waals surface area contributed by atoms with Gasteiger partial charge in [0.2, 0.25) is 15.9 Å². The molecule has 3 heterocycles. The average molecular weight is 469 g/mol. The first kappa shape index (κ1) is 21.9. The number of anilines is 1. The molecule has 3 aliphatic heterocycles. The van der Waals surface area contributed by atoms with Crippen molar-refractivity contribution in [1.82, 2.24) is 14.5 Å². The van der Waals surface area contributed by atoms with Crippen LogP contribution in [0.25, 0.3) is 0 Å². The Morgan fingerprint density at radius 2 is 1.58 bits per heavy atom. The summed E-state index contributed by atoms with van der Waals surface area (Å²) in [5.74, 6) is -0.239. The molecule has 2 aromatic carbocycles. The highest BCUT2D eigenvalue weighted by atomic mass is 32.2. The molecule has 0 atom stereocenters. The molecule has 0 spiro atoms. The number of benzene rings is 2. The lowest BCUT2D eigenvalue weighted by molar-refractivity contribution is -0.130. The normalized spacial score (nSPS) is 17.8. The third-order valence-corrected chi connectivity index (χ3v) is 8.16. The lowest BCUT2D eigenvalue weighted by atomic mass is 10.00. The van der Waals surface area contributed by atoms with Crippen LogP contribution in [0.5, 0.6) is 0 Å². The molecular formula is C24H28N4O4S. The van der Waals surface area contributed by atoms with E-state index in [-0.39, 0.29) is 23.4 Å². The van der Waals surface area contributed by atoms with Gasteiger partial charge < -0.3 is 9.80 Å². The van der Waals surface area contributed by atoms with Gasteiger partial charge in [-0.05, 0) is 60.6 Å². The smallest absolute Gasteiger partial charge is 0.324 e. The van der Waals surface area contributed by atoms with Crippen molar-refractivity contribution < 1.29 is 18.0 Å². The first-order chi connectivity index (χ1) is 15.9. The Hall–Kier alpha value is -2.91. The maximum Gasteiger partial charge on any atom is 0.324 e. The molecule has 1 N–H and O–H groups in total. The van der Waals surface area contributed by atoms with E-state index in [1.54, 1.807) is 21.9 Å². The van der Waals surface area contributed by atoms with Crippen molar-refractivity contribution in [3.8, 4) is 0 Å². The fourth-order valence-electron chi connectivity index (χ4n) is 4.88. The average Bonchev–Trinajstić information content (AvgIpc) is 3.52. The van der Waals surface area contributed by atoms with Crippen LogP contribution in [0.2, 0.25) is 0 Å². The third-order valence-electron chi connectivity index (χ3n) is 6.76. The zero-order chi connectivity index (χ0) is 23.0. The van der Waals surface area contributed by atoms with Crippen molar-refractivity contribution in [2.75, 3.05) is 37.6 Å². The van der Waals surface area contributed by atoms with Crippen molar-refractivity contribution in [2.45, 2.75) is 37.1 Å². The molecule has 3 aliphatic rings. The Balaban J connectivity index is 1.23. The number of rotatable bonds is 4. The van der Waals surface area contributed by atoms with Crippen molar-refractivity contribution in [1.29, 1.82) is 0 Å². The van der Waals surface area contributed by atoms with E-state index >= 15 is 0 Å². The van der Waals surface area contributed by atoms with E-state index in [2.05, 4.69) is 10.8 Å². The van der Waals surface area contributed by atoms with E-state index in [0.29, 0.717) is 26.1 Å². The second-order valence-corrected chi connectivity index (χ2v) is 10.6. The van der Waals surface area contributed by atoms with Crippen molar-refractivity contribution in [2.24, 2.45) is 0 Å². The van der Waals surface area contributed by atoms with Gasteiger partial charge in [0, 0.05) is 38.4 Å². The second kappa shape index (κ2) is 8.79. The molecule has 0 saturated carbocycles.